The van der Waals surface area contributed by atoms with Gasteiger partial charge in [0.25, 0.3) is 0 Å². The van der Waals surface area contributed by atoms with E-state index in [1.165, 1.54) is 18.2 Å². The van der Waals surface area contributed by atoms with Crippen molar-refractivity contribution in [2.24, 2.45) is 0 Å². The number of pyridine rings is 1. The van der Waals surface area contributed by atoms with Gasteiger partial charge in [0.1, 0.15) is 17.2 Å². The van der Waals surface area contributed by atoms with Crippen LogP contribution in [0.25, 0.3) is 34.4 Å². The van der Waals surface area contributed by atoms with E-state index in [2.05, 4.69) is 4.98 Å². The van der Waals surface area contributed by atoms with Gasteiger partial charge < -0.3 is 20.4 Å². The maximum atomic E-state index is 13.2. The minimum atomic E-state index is -0.423. The fourth-order valence-corrected chi connectivity index (χ4v) is 3.78. The van der Waals surface area contributed by atoms with E-state index in [4.69, 9.17) is 0 Å². The number of aromatic hydroxyl groups is 3. The lowest BCUT2D eigenvalue weighted by Crippen LogP contribution is -2.01. The van der Waals surface area contributed by atoms with Crippen molar-refractivity contribution in [3.8, 4) is 17.2 Å². The molecular weight excluding hydrogens is 406 g/mol. The molecule has 0 unspecified atom stereocenters. The summed E-state index contributed by atoms with van der Waals surface area (Å²) in [6.45, 7) is 0. The lowest BCUT2D eigenvalue weighted by atomic mass is 10.0. The molecule has 4 aromatic rings. The average Bonchev–Trinajstić information content (AvgIpc) is 3.03. The van der Waals surface area contributed by atoms with Crippen LogP contribution >= 0.6 is 0 Å². The highest BCUT2D eigenvalue weighted by atomic mass is 16.3. The minimum absolute atomic E-state index is 0.0344. The van der Waals surface area contributed by atoms with E-state index in [-0.39, 0.29) is 34.3 Å². The van der Waals surface area contributed by atoms with E-state index < -0.39 is 5.78 Å². The van der Waals surface area contributed by atoms with Crippen LogP contribution in [0.15, 0.2) is 66.7 Å². The Hall–Kier alpha value is -4.58. The van der Waals surface area contributed by atoms with E-state index in [0.29, 0.717) is 27.8 Å². The van der Waals surface area contributed by atoms with E-state index in [1.807, 2.05) is 12.1 Å². The Morgan fingerprint density at radius 3 is 2.19 bits per heavy atom. The SMILES string of the molecule is O=C1C(c2nc3ccccc3cc2O)=C(O)c2ccc(/C=C/c3ccc(O)c(O)c3)cc21. The van der Waals surface area contributed by atoms with Gasteiger partial charge in [-0.3, -0.25) is 4.79 Å². The summed E-state index contributed by atoms with van der Waals surface area (Å²) < 4.78 is 0. The standard InChI is InChI=1S/C26H17NO5/c28-20-10-8-15(12-21(20)29)6-5-14-7-9-17-18(11-14)26(32)23(25(17)31)24-22(30)13-16-3-1-2-4-19(16)27-24/h1-13,28-31H/b6-5+. The fraction of sp³-hybridized carbons (Fsp3) is 0. The molecule has 4 N–H and O–H groups in total. The number of hydrogen-bond acceptors (Lipinski definition) is 6. The number of carbonyl (C=O) groups is 1. The van der Waals surface area contributed by atoms with Crippen molar-refractivity contribution in [2.45, 2.75) is 0 Å². The first-order valence-electron chi connectivity index (χ1n) is 9.84. The number of fused-ring (bicyclic) bond motifs is 2. The topological polar surface area (TPSA) is 111 Å². The maximum absolute atomic E-state index is 13.2. The number of para-hydroxylation sites is 1. The molecular formula is C26H17NO5. The van der Waals surface area contributed by atoms with Crippen molar-refractivity contribution in [1.29, 1.82) is 0 Å². The van der Waals surface area contributed by atoms with Crippen LogP contribution in [0.5, 0.6) is 17.2 Å². The number of aromatic nitrogens is 1. The molecule has 0 saturated heterocycles. The van der Waals surface area contributed by atoms with E-state index >= 15 is 0 Å². The lowest BCUT2D eigenvalue weighted by Gasteiger charge is -2.07. The summed E-state index contributed by atoms with van der Waals surface area (Å²) in [5.41, 5.74) is 2.66. The van der Waals surface area contributed by atoms with Crippen LogP contribution in [-0.2, 0) is 0 Å². The van der Waals surface area contributed by atoms with E-state index in [0.717, 1.165) is 5.39 Å². The molecule has 1 aliphatic carbocycles. The van der Waals surface area contributed by atoms with Gasteiger partial charge in [-0.25, -0.2) is 4.98 Å². The van der Waals surface area contributed by atoms with Crippen molar-refractivity contribution in [3.05, 3.63) is 94.7 Å². The predicted molar refractivity (Wildman–Crippen MR) is 122 cm³/mol. The van der Waals surface area contributed by atoms with Crippen LogP contribution < -0.4 is 0 Å². The highest BCUT2D eigenvalue weighted by Crippen LogP contribution is 2.40. The van der Waals surface area contributed by atoms with Gasteiger partial charge >= 0.3 is 0 Å². The Balaban J connectivity index is 1.51. The molecule has 0 radical (unpaired) electrons. The van der Waals surface area contributed by atoms with Gasteiger partial charge in [0.2, 0.25) is 0 Å². The average molecular weight is 423 g/mol. The van der Waals surface area contributed by atoms with Gasteiger partial charge in [0, 0.05) is 16.5 Å². The van der Waals surface area contributed by atoms with Gasteiger partial charge in [-0.1, -0.05) is 42.5 Å². The third-order valence-corrected chi connectivity index (χ3v) is 5.42. The van der Waals surface area contributed by atoms with Crippen molar-refractivity contribution >= 4 is 40.2 Å². The van der Waals surface area contributed by atoms with Crippen LogP contribution in [-0.4, -0.2) is 31.2 Å². The number of nitrogens with zero attached hydrogens (tertiary/aromatic N) is 1. The number of hydrogen-bond donors (Lipinski definition) is 4. The normalized spacial score (nSPS) is 13.3. The predicted octanol–water partition coefficient (Wildman–Crippen LogP) is 5.14. The number of benzene rings is 3. The number of rotatable bonds is 3. The molecule has 156 valence electrons. The van der Waals surface area contributed by atoms with E-state index in [1.54, 1.807) is 48.6 Å². The highest BCUT2D eigenvalue weighted by molar-refractivity contribution is 6.39. The molecule has 0 fully saturated rings. The third-order valence-electron chi connectivity index (χ3n) is 5.42. The van der Waals surface area contributed by atoms with Crippen molar-refractivity contribution in [1.82, 2.24) is 4.98 Å². The quantitative estimate of drug-likeness (QED) is 0.268. The number of aliphatic hydroxyl groups is 1. The smallest absolute Gasteiger partial charge is 0.199 e. The number of allylic oxidation sites excluding steroid dienone is 1. The second-order valence-electron chi connectivity index (χ2n) is 7.49. The first-order chi connectivity index (χ1) is 15.4. The summed E-state index contributed by atoms with van der Waals surface area (Å²) in [5.74, 6) is -1.25. The number of ketones is 1. The molecule has 1 aliphatic rings. The summed E-state index contributed by atoms with van der Waals surface area (Å²) in [7, 11) is 0. The summed E-state index contributed by atoms with van der Waals surface area (Å²) in [4.78, 5) is 17.6. The molecule has 0 saturated carbocycles. The first-order valence-corrected chi connectivity index (χ1v) is 9.84. The third kappa shape index (κ3) is 3.15. The minimum Gasteiger partial charge on any atom is -0.506 e. The van der Waals surface area contributed by atoms with Gasteiger partial charge in [0.15, 0.2) is 17.3 Å². The van der Waals surface area contributed by atoms with Gasteiger partial charge in [-0.05, 0) is 47.5 Å². The second kappa shape index (κ2) is 7.28. The number of phenolic OH excluding ortho intramolecular Hbond substituents is 2. The molecule has 6 heteroatoms. The Labute approximate surface area is 182 Å². The van der Waals surface area contributed by atoms with Gasteiger partial charge in [-0.2, -0.15) is 0 Å². The van der Waals surface area contributed by atoms with Crippen molar-refractivity contribution in [2.75, 3.05) is 0 Å². The molecule has 6 nitrogen and oxygen atoms in total. The zero-order valence-corrected chi connectivity index (χ0v) is 16.6. The van der Waals surface area contributed by atoms with Gasteiger partial charge in [0.05, 0.1) is 11.1 Å². The summed E-state index contributed by atoms with van der Waals surface area (Å²) in [6, 6.07) is 18.2. The van der Waals surface area contributed by atoms with Crippen LogP contribution in [0.2, 0.25) is 0 Å². The number of carbonyl (C=O) groups excluding carboxylic acids is 1. The molecule has 5 rings (SSSR count). The largest absolute Gasteiger partial charge is 0.506 e. The van der Waals surface area contributed by atoms with Gasteiger partial charge in [-0.15, -0.1) is 0 Å². The summed E-state index contributed by atoms with van der Waals surface area (Å²) in [6.07, 6.45) is 3.48. The molecule has 3 aromatic carbocycles. The lowest BCUT2D eigenvalue weighted by molar-refractivity contribution is 0.105. The zero-order chi connectivity index (χ0) is 22.4. The molecule has 0 spiro atoms. The van der Waals surface area contributed by atoms with E-state index in [9.17, 15) is 25.2 Å². The van der Waals surface area contributed by atoms with Crippen molar-refractivity contribution < 1.29 is 25.2 Å². The summed E-state index contributed by atoms with van der Waals surface area (Å²) in [5, 5.41) is 41.0. The molecule has 0 aliphatic heterocycles. The Kier molecular flexibility index (Phi) is 4.41. The molecule has 0 atom stereocenters. The van der Waals surface area contributed by atoms with Crippen LogP contribution in [0, 0.1) is 0 Å². The Morgan fingerprint density at radius 2 is 1.41 bits per heavy atom. The number of aliphatic hydroxyl groups excluding tert-OH is 1. The number of Topliss-reactive ketones (excluding diaryl/α,β-unsaturated/α-hetero) is 1. The first kappa shape index (κ1) is 19.4. The van der Waals surface area contributed by atoms with Crippen LogP contribution in [0.3, 0.4) is 0 Å². The Morgan fingerprint density at radius 1 is 0.688 bits per heavy atom. The molecule has 0 bridgehead atoms. The zero-order valence-electron chi connectivity index (χ0n) is 16.6. The maximum Gasteiger partial charge on any atom is 0.199 e. The van der Waals surface area contributed by atoms with Crippen LogP contribution in [0.4, 0.5) is 0 Å². The fourth-order valence-electron chi connectivity index (χ4n) is 3.78. The molecule has 1 aromatic heterocycles. The van der Waals surface area contributed by atoms with Crippen molar-refractivity contribution in [3.63, 3.8) is 0 Å². The monoisotopic (exact) mass is 423 g/mol. The molecule has 32 heavy (non-hydrogen) atoms. The number of phenols is 2. The highest BCUT2D eigenvalue weighted by Gasteiger charge is 2.33. The molecule has 0 amide bonds. The second-order valence-corrected chi connectivity index (χ2v) is 7.49. The molecule has 1 heterocycles. The Bertz CT molecular complexity index is 1480. The summed E-state index contributed by atoms with van der Waals surface area (Å²) >= 11 is 0. The van der Waals surface area contributed by atoms with Crippen LogP contribution in [0.1, 0.15) is 32.7 Å².